The van der Waals surface area contributed by atoms with Crippen LogP contribution in [0, 0.1) is 5.92 Å². The molecule has 46 heavy (non-hydrogen) atoms. The number of carboxylic acid groups (broad SMARTS) is 1. The van der Waals surface area contributed by atoms with Crippen LogP contribution in [-0.4, -0.2) is 69.8 Å². The first-order chi connectivity index (χ1) is 22.0. The molecular formula is C36H45N3O7. The third-order valence-corrected chi connectivity index (χ3v) is 8.85. The minimum atomic E-state index is -1.41. The van der Waals surface area contributed by atoms with Crippen LogP contribution in [-0.2, 0) is 23.9 Å². The number of carboxylic acids is 1. The fraction of sp³-hybridized carbons (Fsp3) is 0.500. The Morgan fingerprint density at radius 2 is 1.65 bits per heavy atom. The van der Waals surface area contributed by atoms with Crippen molar-refractivity contribution in [1.82, 2.24) is 15.5 Å². The molecule has 2 fully saturated rings. The molecule has 2 aromatic carbocycles. The van der Waals surface area contributed by atoms with E-state index in [2.05, 4.69) is 10.6 Å². The molecule has 1 aliphatic carbocycles. The zero-order chi connectivity index (χ0) is 32.9. The Balaban J connectivity index is 1.45. The average Bonchev–Trinajstić information content (AvgIpc) is 3.55. The number of carbonyl (C=O) groups is 4. The van der Waals surface area contributed by atoms with Gasteiger partial charge < -0.3 is 30.1 Å². The molecule has 246 valence electrons. The Labute approximate surface area is 270 Å². The molecule has 5 rings (SSSR count). The topological polar surface area (TPSA) is 134 Å². The summed E-state index contributed by atoms with van der Waals surface area (Å²) >= 11 is 0. The van der Waals surface area contributed by atoms with Gasteiger partial charge in [-0.2, -0.15) is 0 Å². The van der Waals surface area contributed by atoms with Crippen molar-refractivity contribution in [3.05, 3.63) is 83.9 Å². The summed E-state index contributed by atoms with van der Waals surface area (Å²) in [6.45, 7) is 5.35. The maximum atomic E-state index is 14.3. The van der Waals surface area contributed by atoms with Crippen molar-refractivity contribution >= 4 is 23.9 Å². The molecule has 0 radical (unpaired) electrons. The summed E-state index contributed by atoms with van der Waals surface area (Å²) in [6.07, 6.45) is 6.09. The van der Waals surface area contributed by atoms with Crippen LogP contribution in [0.4, 0.5) is 4.79 Å². The molecule has 1 saturated heterocycles. The number of nitrogens with one attached hydrogen (secondary N) is 2. The number of nitrogens with zero attached hydrogens (tertiary/aromatic N) is 1. The Hall–Kier alpha value is -4.18. The lowest BCUT2D eigenvalue weighted by Gasteiger charge is -2.30. The Kier molecular flexibility index (Phi) is 10.2. The molecule has 3 N–H and O–H groups in total. The van der Waals surface area contributed by atoms with Crippen molar-refractivity contribution in [2.45, 2.75) is 101 Å². The number of amides is 3. The van der Waals surface area contributed by atoms with Crippen molar-refractivity contribution in [1.29, 1.82) is 0 Å². The van der Waals surface area contributed by atoms with E-state index in [9.17, 15) is 24.3 Å². The van der Waals surface area contributed by atoms with Gasteiger partial charge in [0.15, 0.2) is 0 Å². The number of allylic oxidation sites excluding steroid dienone is 1. The summed E-state index contributed by atoms with van der Waals surface area (Å²) in [5.41, 5.74) is -0.317. The van der Waals surface area contributed by atoms with E-state index in [0.29, 0.717) is 12.8 Å². The molecule has 3 aliphatic rings. The average molecular weight is 632 g/mol. The number of benzene rings is 2. The minimum Gasteiger partial charge on any atom is -0.479 e. The molecule has 10 heteroatoms. The molecule has 0 aromatic heterocycles. The summed E-state index contributed by atoms with van der Waals surface area (Å²) in [5.74, 6) is -2.38. The summed E-state index contributed by atoms with van der Waals surface area (Å²) in [4.78, 5) is 55.0. The second-order valence-corrected chi connectivity index (χ2v) is 13.5. The molecule has 2 aliphatic heterocycles. The summed E-state index contributed by atoms with van der Waals surface area (Å²) in [7, 11) is 0. The lowest BCUT2D eigenvalue weighted by Crippen LogP contribution is -2.56. The highest BCUT2D eigenvalue weighted by atomic mass is 16.6. The van der Waals surface area contributed by atoms with Crippen LogP contribution < -0.4 is 10.6 Å². The molecule has 2 aromatic rings. The Bertz CT molecular complexity index is 1380. The standard InChI is InChI=1S/C36H45N3O7/c1-35(2,3)46-34(44)37-28-20-14-6-4-5-13-19-26-22-36(26,33(42)43)38-31(40)29-21-27(23-39(29)32(28)41)45-30(24-15-9-7-10-16-24)25-17-11-8-12-18-25/h7-13,15-19,26-30H,4-6,14,20-23H2,1-3H3,(H,37,44)(H,38,40)(H,42,43)/b19-13-/t26-,27-,28+,29+,36-/m1/s1. The van der Waals surface area contributed by atoms with Crippen molar-refractivity contribution in [2.75, 3.05) is 6.54 Å². The lowest BCUT2D eigenvalue weighted by atomic mass is 10.0. The van der Waals surface area contributed by atoms with Gasteiger partial charge in [-0.25, -0.2) is 9.59 Å². The van der Waals surface area contributed by atoms with Gasteiger partial charge in [-0.15, -0.1) is 0 Å². The molecule has 5 atom stereocenters. The first-order valence-electron chi connectivity index (χ1n) is 16.2. The number of alkyl carbamates (subject to hydrolysis) is 1. The predicted octanol–water partition coefficient (Wildman–Crippen LogP) is 5.14. The quantitative estimate of drug-likeness (QED) is 0.376. The van der Waals surface area contributed by atoms with Crippen LogP contribution in [0.2, 0.25) is 0 Å². The smallest absolute Gasteiger partial charge is 0.408 e. The van der Waals surface area contributed by atoms with Gasteiger partial charge in [0.1, 0.15) is 29.3 Å². The van der Waals surface area contributed by atoms with Crippen molar-refractivity contribution < 1.29 is 33.8 Å². The summed E-state index contributed by atoms with van der Waals surface area (Å²) in [5, 5.41) is 15.7. The minimum absolute atomic E-state index is 0.100. The predicted molar refractivity (Wildman–Crippen MR) is 172 cm³/mol. The van der Waals surface area contributed by atoms with E-state index in [4.69, 9.17) is 9.47 Å². The second-order valence-electron chi connectivity index (χ2n) is 13.5. The number of carbonyl (C=O) groups excluding carboxylic acids is 3. The number of fused-ring (bicyclic) bond motifs is 2. The van der Waals surface area contributed by atoms with Crippen LogP contribution in [0.25, 0.3) is 0 Å². The number of hydrogen-bond acceptors (Lipinski definition) is 6. The van der Waals surface area contributed by atoms with Gasteiger partial charge in [-0.1, -0.05) is 85.7 Å². The molecule has 0 unspecified atom stereocenters. The van der Waals surface area contributed by atoms with Gasteiger partial charge in [-0.3, -0.25) is 9.59 Å². The van der Waals surface area contributed by atoms with E-state index in [1.807, 2.05) is 72.8 Å². The van der Waals surface area contributed by atoms with Gasteiger partial charge in [-0.05, 0) is 57.6 Å². The summed E-state index contributed by atoms with van der Waals surface area (Å²) in [6, 6.07) is 17.6. The maximum Gasteiger partial charge on any atom is 0.408 e. The highest BCUT2D eigenvalue weighted by molar-refractivity contribution is 5.96. The van der Waals surface area contributed by atoms with Gasteiger partial charge in [0.25, 0.3) is 0 Å². The number of ether oxygens (including phenoxy) is 2. The fourth-order valence-electron chi connectivity index (χ4n) is 6.41. The van der Waals surface area contributed by atoms with E-state index in [-0.39, 0.29) is 25.3 Å². The van der Waals surface area contributed by atoms with E-state index >= 15 is 0 Å². The number of aliphatic carboxylic acids is 1. The SMILES string of the molecule is CC(C)(C)OC(=O)N[C@H]1CCCCC/C=C\[C@@H]2C[C@@]2(C(=O)O)NC(=O)[C@@H]2C[C@@H](OC(c3ccccc3)c3ccccc3)CN2C1=O. The largest absolute Gasteiger partial charge is 0.479 e. The van der Waals surface area contributed by atoms with Gasteiger partial charge >= 0.3 is 12.1 Å². The highest BCUT2D eigenvalue weighted by Crippen LogP contribution is 2.45. The molecule has 2 heterocycles. The fourth-order valence-corrected chi connectivity index (χ4v) is 6.41. The van der Waals surface area contributed by atoms with Crippen LogP contribution in [0.5, 0.6) is 0 Å². The molecular weight excluding hydrogens is 586 g/mol. The molecule has 3 amide bonds. The van der Waals surface area contributed by atoms with Crippen molar-refractivity contribution in [2.24, 2.45) is 5.92 Å². The first kappa shape index (κ1) is 33.2. The normalized spacial score (nSPS) is 27.8. The van der Waals surface area contributed by atoms with Crippen LogP contribution in [0.3, 0.4) is 0 Å². The lowest BCUT2D eigenvalue weighted by molar-refractivity contribution is -0.145. The monoisotopic (exact) mass is 631 g/mol. The highest BCUT2D eigenvalue weighted by Gasteiger charge is 2.61. The van der Waals surface area contributed by atoms with E-state index in [1.165, 1.54) is 4.90 Å². The Morgan fingerprint density at radius 3 is 2.26 bits per heavy atom. The third-order valence-electron chi connectivity index (χ3n) is 8.85. The van der Waals surface area contributed by atoms with E-state index in [1.54, 1.807) is 20.8 Å². The van der Waals surface area contributed by atoms with Crippen molar-refractivity contribution in [3.8, 4) is 0 Å². The molecule has 0 spiro atoms. The zero-order valence-electron chi connectivity index (χ0n) is 26.8. The van der Waals surface area contributed by atoms with Gasteiger partial charge in [0.05, 0.1) is 6.10 Å². The zero-order valence-corrected chi connectivity index (χ0v) is 26.8. The maximum absolute atomic E-state index is 14.3. The first-order valence-corrected chi connectivity index (χ1v) is 16.2. The Morgan fingerprint density at radius 1 is 1.00 bits per heavy atom. The van der Waals surface area contributed by atoms with Crippen LogP contribution in [0.15, 0.2) is 72.8 Å². The van der Waals surface area contributed by atoms with Crippen LogP contribution >= 0.6 is 0 Å². The molecule has 10 nitrogen and oxygen atoms in total. The van der Waals surface area contributed by atoms with Gasteiger partial charge in [0.2, 0.25) is 11.8 Å². The van der Waals surface area contributed by atoms with E-state index in [0.717, 1.165) is 30.4 Å². The summed E-state index contributed by atoms with van der Waals surface area (Å²) < 4.78 is 12.2. The number of hydrogen-bond donors (Lipinski definition) is 3. The van der Waals surface area contributed by atoms with E-state index < -0.39 is 59.3 Å². The van der Waals surface area contributed by atoms with Crippen molar-refractivity contribution in [3.63, 3.8) is 0 Å². The molecule has 1 saturated carbocycles. The second kappa shape index (κ2) is 14.1. The van der Waals surface area contributed by atoms with Crippen LogP contribution in [0.1, 0.15) is 82.9 Å². The van der Waals surface area contributed by atoms with Gasteiger partial charge in [0, 0.05) is 18.9 Å². The third kappa shape index (κ3) is 7.96. The molecule has 0 bridgehead atoms. The number of rotatable bonds is 6.